The van der Waals surface area contributed by atoms with E-state index in [0.29, 0.717) is 0 Å². The zero-order chi connectivity index (χ0) is 11.3. The van der Waals surface area contributed by atoms with Crippen molar-refractivity contribution in [3.63, 3.8) is 0 Å². The van der Waals surface area contributed by atoms with Crippen molar-refractivity contribution in [2.75, 3.05) is 0 Å². The van der Waals surface area contributed by atoms with Crippen LogP contribution in [0.4, 0.5) is 13.2 Å². The second kappa shape index (κ2) is 2.88. The quantitative estimate of drug-likeness (QED) is 0.700. The molecular formula is C10H9F3O2. The molecular weight excluding hydrogens is 209 g/mol. The molecule has 0 amide bonds. The average molecular weight is 218 g/mol. The highest BCUT2D eigenvalue weighted by atomic mass is 19.4. The second-order valence-electron chi connectivity index (χ2n) is 3.66. The van der Waals surface area contributed by atoms with E-state index in [2.05, 4.69) is 0 Å². The zero-order valence-corrected chi connectivity index (χ0v) is 7.67. The van der Waals surface area contributed by atoms with E-state index in [-0.39, 0.29) is 23.3 Å². The molecule has 1 aromatic carbocycles. The van der Waals surface area contributed by atoms with Crippen molar-refractivity contribution >= 4 is 0 Å². The van der Waals surface area contributed by atoms with Crippen LogP contribution in [0.3, 0.4) is 0 Å². The minimum Gasteiger partial charge on any atom is -0.508 e. The van der Waals surface area contributed by atoms with Crippen LogP contribution in [-0.2, 0) is 12.0 Å². The third-order valence-corrected chi connectivity index (χ3v) is 2.80. The number of hydrogen-bond donors (Lipinski definition) is 2. The molecule has 0 bridgehead atoms. The highest BCUT2D eigenvalue weighted by Crippen LogP contribution is 2.49. The van der Waals surface area contributed by atoms with E-state index in [0.717, 1.165) is 0 Å². The van der Waals surface area contributed by atoms with E-state index < -0.39 is 18.2 Å². The number of aromatic hydroxyl groups is 1. The molecule has 15 heavy (non-hydrogen) atoms. The van der Waals surface area contributed by atoms with Crippen LogP contribution in [0, 0.1) is 0 Å². The van der Waals surface area contributed by atoms with E-state index in [9.17, 15) is 23.4 Å². The van der Waals surface area contributed by atoms with Crippen LogP contribution >= 0.6 is 0 Å². The number of aliphatic hydroxyl groups is 1. The first-order valence-electron chi connectivity index (χ1n) is 4.47. The van der Waals surface area contributed by atoms with E-state index in [1.54, 1.807) is 0 Å². The predicted octanol–water partition coefficient (Wildman–Crippen LogP) is 2.09. The van der Waals surface area contributed by atoms with Crippen molar-refractivity contribution in [3.8, 4) is 5.75 Å². The first-order valence-corrected chi connectivity index (χ1v) is 4.47. The highest BCUT2D eigenvalue weighted by Gasteiger charge is 2.58. The summed E-state index contributed by atoms with van der Waals surface area (Å²) in [6.45, 7) is 0. The molecule has 0 fully saturated rings. The fraction of sp³-hybridized carbons (Fsp3) is 0.400. The van der Waals surface area contributed by atoms with Gasteiger partial charge in [0.15, 0.2) is 5.60 Å². The first-order chi connectivity index (χ1) is 6.86. The second-order valence-corrected chi connectivity index (χ2v) is 3.66. The maximum atomic E-state index is 12.6. The number of phenolic OH excluding ortho intramolecular Hbond substituents is 1. The molecule has 1 aliphatic rings. The van der Waals surface area contributed by atoms with E-state index in [1.807, 2.05) is 0 Å². The molecule has 0 heterocycles. The molecule has 5 heteroatoms. The summed E-state index contributed by atoms with van der Waals surface area (Å²) in [5.74, 6) is -0.187. The Morgan fingerprint density at radius 1 is 1.27 bits per heavy atom. The SMILES string of the molecule is Oc1cccc2c1CCC2(O)C(F)(F)F. The summed E-state index contributed by atoms with van der Waals surface area (Å²) in [5.41, 5.74) is -2.84. The highest BCUT2D eigenvalue weighted by molar-refractivity contribution is 5.46. The van der Waals surface area contributed by atoms with Crippen molar-refractivity contribution in [1.29, 1.82) is 0 Å². The Hall–Kier alpha value is -1.23. The van der Waals surface area contributed by atoms with Gasteiger partial charge >= 0.3 is 6.18 Å². The summed E-state index contributed by atoms with van der Waals surface area (Å²) >= 11 is 0. The number of phenols is 1. The van der Waals surface area contributed by atoms with Crippen molar-refractivity contribution in [2.24, 2.45) is 0 Å². The number of halogens is 3. The van der Waals surface area contributed by atoms with Crippen LogP contribution in [0.15, 0.2) is 18.2 Å². The third kappa shape index (κ3) is 1.30. The summed E-state index contributed by atoms with van der Waals surface area (Å²) in [6, 6.07) is 3.83. The fourth-order valence-electron chi connectivity index (χ4n) is 1.96. The summed E-state index contributed by atoms with van der Waals surface area (Å²) in [4.78, 5) is 0. The average Bonchev–Trinajstić information content (AvgIpc) is 2.46. The van der Waals surface area contributed by atoms with Gasteiger partial charge in [-0.15, -0.1) is 0 Å². The maximum Gasteiger partial charge on any atom is 0.421 e. The zero-order valence-electron chi connectivity index (χ0n) is 7.67. The summed E-state index contributed by atoms with van der Waals surface area (Å²) < 4.78 is 37.9. The molecule has 82 valence electrons. The van der Waals surface area contributed by atoms with E-state index >= 15 is 0 Å². The van der Waals surface area contributed by atoms with Crippen molar-refractivity contribution in [3.05, 3.63) is 29.3 Å². The molecule has 0 spiro atoms. The number of rotatable bonds is 0. The number of fused-ring (bicyclic) bond motifs is 1. The molecule has 2 nitrogen and oxygen atoms in total. The molecule has 0 saturated carbocycles. The first kappa shape index (κ1) is 10.3. The van der Waals surface area contributed by atoms with Crippen LogP contribution in [0.5, 0.6) is 5.75 Å². The van der Waals surface area contributed by atoms with Crippen LogP contribution in [0.25, 0.3) is 0 Å². The van der Waals surface area contributed by atoms with Gasteiger partial charge in [-0.2, -0.15) is 13.2 Å². The fourth-order valence-corrected chi connectivity index (χ4v) is 1.96. The lowest BCUT2D eigenvalue weighted by Gasteiger charge is -2.26. The molecule has 0 radical (unpaired) electrons. The van der Waals surface area contributed by atoms with Gasteiger partial charge in [-0.1, -0.05) is 12.1 Å². The van der Waals surface area contributed by atoms with Gasteiger partial charge in [-0.25, -0.2) is 0 Å². The monoisotopic (exact) mass is 218 g/mol. The van der Waals surface area contributed by atoms with Crippen molar-refractivity contribution in [2.45, 2.75) is 24.6 Å². The number of benzene rings is 1. The Morgan fingerprint density at radius 2 is 1.93 bits per heavy atom. The van der Waals surface area contributed by atoms with Gasteiger partial charge in [0.1, 0.15) is 5.75 Å². The molecule has 1 aliphatic carbocycles. The van der Waals surface area contributed by atoms with Gasteiger partial charge in [0.05, 0.1) is 0 Å². The van der Waals surface area contributed by atoms with Gasteiger partial charge in [-0.3, -0.25) is 0 Å². The number of hydrogen-bond acceptors (Lipinski definition) is 2. The van der Waals surface area contributed by atoms with Crippen molar-refractivity contribution < 1.29 is 23.4 Å². The minimum absolute atomic E-state index is 0.0397. The molecule has 1 unspecified atom stereocenters. The number of alkyl halides is 3. The Kier molecular flexibility index (Phi) is 1.98. The Labute approximate surface area is 84.0 Å². The molecule has 1 aromatic rings. The van der Waals surface area contributed by atoms with Gasteiger partial charge in [-0.05, 0) is 24.5 Å². The molecule has 2 rings (SSSR count). The Morgan fingerprint density at radius 3 is 2.53 bits per heavy atom. The molecule has 0 saturated heterocycles. The third-order valence-electron chi connectivity index (χ3n) is 2.80. The Bertz CT molecular complexity index is 400. The minimum atomic E-state index is -4.70. The lowest BCUT2D eigenvalue weighted by Crippen LogP contribution is -2.40. The van der Waals surface area contributed by atoms with Gasteiger partial charge < -0.3 is 10.2 Å². The van der Waals surface area contributed by atoms with Gasteiger partial charge in [0.2, 0.25) is 0 Å². The van der Waals surface area contributed by atoms with Crippen LogP contribution in [0.1, 0.15) is 17.5 Å². The largest absolute Gasteiger partial charge is 0.508 e. The molecule has 0 aromatic heterocycles. The van der Waals surface area contributed by atoms with Gasteiger partial charge in [0, 0.05) is 5.56 Å². The molecule has 0 aliphatic heterocycles. The Balaban J connectivity index is 2.58. The van der Waals surface area contributed by atoms with Gasteiger partial charge in [0.25, 0.3) is 0 Å². The van der Waals surface area contributed by atoms with Crippen LogP contribution in [-0.4, -0.2) is 16.4 Å². The summed E-state index contributed by atoms with van der Waals surface area (Å²) in [5, 5.41) is 18.9. The normalized spacial score (nSPS) is 25.3. The topological polar surface area (TPSA) is 40.5 Å². The van der Waals surface area contributed by atoms with Crippen LogP contribution < -0.4 is 0 Å². The predicted molar refractivity (Wildman–Crippen MR) is 46.4 cm³/mol. The lowest BCUT2D eigenvalue weighted by molar-refractivity contribution is -0.265. The van der Waals surface area contributed by atoms with E-state index in [4.69, 9.17) is 0 Å². The summed E-state index contributed by atoms with van der Waals surface area (Å²) in [7, 11) is 0. The lowest BCUT2D eigenvalue weighted by atomic mass is 9.95. The van der Waals surface area contributed by atoms with Crippen molar-refractivity contribution in [1.82, 2.24) is 0 Å². The van der Waals surface area contributed by atoms with E-state index in [1.165, 1.54) is 18.2 Å². The summed E-state index contributed by atoms with van der Waals surface area (Å²) in [6.07, 6.45) is -5.09. The molecule has 1 atom stereocenters. The molecule has 2 N–H and O–H groups in total. The van der Waals surface area contributed by atoms with Crippen LogP contribution in [0.2, 0.25) is 0 Å². The maximum absolute atomic E-state index is 12.6. The smallest absolute Gasteiger partial charge is 0.421 e. The standard InChI is InChI=1S/C10H9F3O2/c11-10(12,13)9(15)5-4-6-7(9)2-1-3-8(6)14/h1-3,14-15H,4-5H2.